The fourth-order valence-corrected chi connectivity index (χ4v) is 2.93. The number of amides is 1. The topological polar surface area (TPSA) is 44.4 Å². The average molecular weight is 251 g/mol. The van der Waals surface area contributed by atoms with Crippen LogP contribution in [0.5, 0.6) is 0 Å². The zero-order valence-corrected chi connectivity index (χ0v) is 11.5. The predicted octanol–water partition coefficient (Wildman–Crippen LogP) is 0.751. The lowest BCUT2D eigenvalue weighted by molar-refractivity contribution is -0.124. The molecule has 2 N–H and O–H groups in total. The van der Waals surface area contributed by atoms with Gasteiger partial charge in [0.1, 0.15) is 0 Å². The Morgan fingerprint density at radius 3 is 3.11 bits per heavy atom. The third kappa shape index (κ3) is 3.12. The van der Waals surface area contributed by atoms with Crippen LogP contribution in [0.2, 0.25) is 0 Å². The Labute approximate surface area is 110 Å². The van der Waals surface area contributed by atoms with E-state index >= 15 is 0 Å². The van der Waals surface area contributed by atoms with Gasteiger partial charge in [0.2, 0.25) is 5.91 Å². The van der Waals surface area contributed by atoms with E-state index < -0.39 is 0 Å². The average Bonchev–Trinajstić information content (AvgIpc) is 2.70. The molecular formula is C14H25N3O. The van der Waals surface area contributed by atoms with Crippen molar-refractivity contribution in [2.24, 2.45) is 5.92 Å². The molecular weight excluding hydrogens is 226 g/mol. The SMILES string of the molecule is C=C(CNC(C)C)CN1CCCC2C(=O)NCC21. The molecule has 0 aliphatic carbocycles. The van der Waals surface area contributed by atoms with Crippen molar-refractivity contribution in [1.29, 1.82) is 0 Å². The van der Waals surface area contributed by atoms with E-state index in [0.29, 0.717) is 12.1 Å². The number of carbonyl (C=O) groups is 1. The van der Waals surface area contributed by atoms with E-state index in [2.05, 4.69) is 36.0 Å². The normalized spacial score (nSPS) is 28.3. The number of likely N-dealkylation sites (tertiary alicyclic amines) is 1. The number of fused-ring (bicyclic) bond motifs is 1. The van der Waals surface area contributed by atoms with Gasteiger partial charge in [-0.3, -0.25) is 9.69 Å². The quantitative estimate of drug-likeness (QED) is 0.709. The molecule has 102 valence electrons. The molecule has 18 heavy (non-hydrogen) atoms. The Morgan fingerprint density at radius 2 is 2.39 bits per heavy atom. The molecule has 2 aliphatic heterocycles. The molecule has 2 rings (SSSR count). The van der Waals surface area contributed by atoms with Crippen LogP contribution in [0.3, 0.4) is 0 Å². The lowest BCUT2D eigenvalue weighted by atomic mass is 9.91. The van der Waals surface area contributed by atoms with Crippen molar-refractivity contribution in [3.8, 4) is 0 Å². The number of nitrogens with zero attached hydrogens (tertiary/aromatic N) is 1. The molecule has 2 heterocycles. The summed E-state index contributed by atoms with van der Waals surface area (Å²) in [7, 11) is 0. The number of hydrogen-bond donors (Lipinski definition) is 2. The number of hydrogen-bond acceptors (Lipinski definition) is 3. The Balaban J connectivity index is 1.85. The first-order valence-electron chi connectivity index (χ1n) is 6.99. The second-order valence-corrected chi connectivity index (χ2v) is 5.82. The van der Waals surface area contributed by atoms with Crippen molar-refractivity contribution in [1.82, 2.24) is 15.5 Å². The Morgan fingerprint density at radius 1 is 1.61 bits per heavy atom. The Hall–Kier alpha value is -0.870. The van der Waals surface area contributed by atoms with Crippen LogP contribution in [0.15, 0.2) is 12.2 Å². The van der Waals surface area contributed by atoms with E-state index in [-0.39, 0.29) is 11.8 Å². The maximum atomic E-state index is 11.7. The van der Waals surface area contributed by atoms with Gasteiger partial charge < -0.3 is 10.6 Å². The van der Waals surface area contributed by atoms with Crippen molar-refractivity contribution >= 4 is 5.91 Å². The van der Waals surface area contributed by atoms with E-state index in [1.807, 2.05) is 0 Å². The summed E-state index contributed by atoms with van der Waals surface area (Å²) >= 11 is 0. The van der Waals surface area contributed by atoms with Crippen molar-refractivity contribution in [3.63, 3.8) is 0 Å². The molecule has 0 aromatic heterocycles. The van der Waals surface area contributed by atoms with Crippen molar-refractivity contribution in [2.75, 3.05) is 26.2 Å². The highest BCUT2D eigenvalue weighted by atomic mass is 16.2. The summed E-state index contributed by atoms with van der Waals surface area (Å²) in [6.45, 7) is 12.1. The Kier molecular flexibility index (Phi) is 4.40. The first kappa shape index (κ1) is 13.6. The van der Waals surface area contributed by atoms with Crippen LogP contribution in [0, 0.1) is 5.92 Å². The predicted molar refractivity (Wildman–Crippen MR) is 73.4 cm³/mol. The van der Waals surface area contributed by atoms with Crippen LogP contribution in [-0.4, -0.2) is 49.1 Å². The first-order valence-corrected chi connectivity index (χ1v) is 6.99. The molecule has 2 atom stereocenters. The van der Waals surface area contributed by atoms with Gasteiger partial charge in [-0.1, -0.05) is 20.4 Å². The molecule has 4 nitrogen and oxygen atoms in total. The number of nitrogens with one attached hydrogen (secondary N) is 2. The molecule has 0 saturated carbocycles. The molecule has 0 bridgehead atoms. The minimum absolute atomic E-state index is 0.213. The third-order valence-corrected chi connectivity index (χ3v) is 3.90. The van der Waals surface area contributed by atoms with Gasteiger partial charge in [-0.15, -0.1) is 0 Å². The fourth-order valence-electron chi connectivity index (χ4n) is 2.93. The molecule has 0 aromatic rings. The zero-order chi connectivity index (χ0) is 13.1. The van der Waals surface area contributed by atoms with Crippen LogP contribution >= 0.6 is 0 Å². The van der Waals surface area contributed by atoms with Gasteiger partial charge in [0, 0.05) is 31.7 Å². The van der Waals surface area contributed by atoms with Gasteiger partial charge in [-0.25, -0.2) is 0 Å². The molecule has 2 saturated heterocycles. The maximum Gasteiger partial charge on any atom is 0.224 e. The van der Waals surface area contributed by atoms with Crippen LogP contribution in [-0.2, 0) is 4.79 Å². The number of piperidine rings is 1. The molecule has 2 unspecified atom stereocenters. The third-order valence-electron chi connectivity index (χ3n) is 3.90. The molecule has 2 aliphatic rings. The van der Waals surface area contributed by atoms with Crippen LogP contribution in [0.4, 0.5) is 0 Å². The van der Waals surface area contributed by atoms with Gasteiger partial charge in [0.15, 0.2) is 0 Å². The molecule has 4 heteroatoms. The summed E-state index contributed by atoms with van der Waals surface area (Å²) in [4.78, 5) is 14.1. The highest BCUT2D eigenvalue weighted by Crippen LogP contribution is 2.27. The van der Waals surface area contributed by atoms with Gasteiger partial charge in [0.25, 0.3) is 0 Å². The highest BCUT2D eigenvalue weighted by molar-refractivity contribution is 5.82. The zero-order valence-electron chi connectivity index (χ0n) is 11.5. The van der Waals surface area contributed by atoms with E-state index in [4.69, 9.17) is 0 Å². The largest absolute Gasteiger partial charge is 0.354 e. The number of carbonyl (C=O) groups excluding carboxylic acids is 1. The van der Waals surface area contributed by atoms with Crippen LogP contribution in [0.25, 0.3) is 0 Å². The molecule has 0 aromatic carbocycles. The van der Waals surface area contributed by atoms with Crippen molar-refractivity contribution in [3.05, 3.63) is 12.2 Å². The standard InChI is InChI=1S/C14H25N3O/c1-10(2)15-7-11(3)9-17-6-4-5-12-13(17)8-16-14(12)18/h10,12-13,15H,3-9H2,1-2H3,(H,16,18). The summed E-state index contributed by atoms with van der Waals surface area (Å²) in [6.07, 6.45) is 2.17. The van der Waals surface area contributed by atoms with Gasteiger partial charge in [-0.2, -0.15) is 0 Å². The second-order valence-electron chi connectivity index (χ2n) is 5.82. The molecule has 2 fully saturated rings. The fraction of sp³-hybridized carbons (Fsp3) is 0.786. The monoisotopic (exact) mass is 251 g/mol. The number of rotatable bonds is 5. The maximum absolute atomic E-state index is 11.7. The first-order chi connectivity index (χ1) is 8.58. The second kappa shape index (κ2) is 5.85. The van der Waals surface area contributed by atoms with E-state index in [1.54, 1.807) is 0 Å². The lowest BCUT2D eigenvalue weighted by Crippen LogP contribution is -2.46. The summed E-state index contributed by atoms with van der Waals surface area (Å²) in [5.74, 6) is 0.459. The van der Waals surface area contributed by atoms with Gasteiger partial charge >= 0.3 is 0 Å². The van der Waals surface area contributed by atoms with Gasteiger partial charge in [0.05, 0.1) is 5.92 Å². The smallest absolute Gasteiger partial charge is 0.224 e. The van der Waals surface area contributed by atoms with E-state index in [1.165, 1.54) is 5.57 Å². The van der Waals surface area contributed by atoms with Gasteiger partial charge in [-0.05, 0) is 25.0 Å². The van der Waals surface area contributed by atoms with E-state index in [9.17, 15) is 4.79 Å². The van der Waals surface area contributed by atoms with E-state index in [0.717, 1.165) is 39.0 Å². The summed E-state index contributed by atoms with van der Waals surface area (Å²) in [6, 6.07) is 0.882. The lowest BCUT2D eigenvalue weighted by Gasteiger charge is -2.36. The molecule has 1 amide bonds. The minimum Gasteiger partial charge on any atom is -0.354 e. The minimum atomic E-state index is 0.213. The van der Waals surface area contributed by atoms with Crippen LogP contribution < -0.4 is 10.6 Å². The summed E-state index contributed by atoms with van der Waals surface area (Å²) in [5.41, 5.74) is 1.21. The molecule has 0 spiro atoms. The summed E-state index contributed by atoms with van der Waals surface area (Å²) < 4.78 is 0. The summed E-state index contributed by atoms with van der Waals surface area (Å²) in [5, 5.41) is 6.38. The molecule has 0 radical (unpaired) electrons. The Bertz CT molecular complexity index is 327. The van der Waals surface area contributed by atoms with Crippen molar-refractivity contribution in [2.45, 2.75) is 38.8 Å². The highest BCUT2D eigenvalue weighted by Gasteiger charge is 2.40. The van der Waals surface area contributed by atoms with Crippen molar-refractivity contribution < 1.29 is 4.79 Å². The van der Waals surface area contributed by atoms with Crippen LogP contribution in [0.1, 0.15) is 26.7 Å².